The molecule has 1 atom stereocenters. The minimum absolute atomic E-state index is 0.204. The minimum Gasteiger partial charge on any atom is -0.335 e. The molecule has 1 aliphatic heterocycles. The number of likely N-dealkylation sites (tertiary alicyclic amines) is 1. The summed E-state index contributed by atoms with van der Waals surface area (Å²) in [6, 6.07) is -1.01. The zero-order valence-electron chi connectivity index (χ0n) is 22.5. The fourth-order valence-electron chi connectivity index (χ4n) is 6.13. The molecule has 0 radical (unpaired) electrons. The van der Waals surface area contributed by atoms with Gasteiger partial charge >= 0.3 is 6.18 Å². The van der Waals surface area contributed by atoms with Crippen LogP contribution in [0.5, 0.6) is 0 Å². The summed E-state index contributed by atoms with van der Waals surface area (Å²) in [5, 5.41) is 7.04. The highest BCUT2D eigenvalue weighted by Gasteiger charge is 2.47. The Morgan fingerprint density at radius 1 is 1.15 bits per heavy atom. The van der Waals surface area contributed by atoms with Crippen LogP contribution in [0.2, 0.25) is 5.02 Å². The van der Waals surface area contributed by atoms with Crippen molar-refractivity contribution in [3.05, 3.63) is 50.9 Å². The number of pyridine rings is 1. The van der Waals surface area contributed by atoms with Crippen LogP contribution in [0, 0.1) is 15.7 Å². The van der Waals surface area contributed by atoms with Gasteiger partial charge < -0.3 is 4.90 Å². The van der Waals surface area contributed by atoms with Gasteiger partial charge in [-0.1, -0.05) is 39.3 Å². The van der Waals surface area contributed by atoms with E-state index in [-0.39, 0.29) is 37.1 Å². The third kappa shape index (κ3) is 5.73. The SMILES string of the molecule is CCc1cncc(Cl)c1C[C@H]1CC(C)(C)CN1C(=O)c1cnn(C2CCC(C)(C(=O)N=O)CC2)c1C(F)(F)F. The zero-order chi connectivity index (χ0) is 28.8. The smallest absolute Gasteiger partial charge is 0.335 e. The van der Waals surface area contributed by atoms with E-state index >= 15 is 0 Å². The quantitative estimate of drug-likeness (QED) is 0.376. The second kappa shape index (κ2) is 10.6. The molecule has 0 unspecified atom stereocenters. The highest BCUT2D eigenvalue weighted by Crippen LogP contribution is 2.45. The summed E-state index contributed by atoms with van der Waals surface area (Å²) >= 11 is 6.45. The number of amides is 2. The molecule has 39 heavy (non-hydrogen) atoms. The lowest BCUT2D eigenvalue weighted by molar-refractivity contribution is -0.146. The summed E-state index contributed by atoms with van der Waals surface area (Å²) < 4.78 is 44.3. The van der Waals surface area contributed by atoms with E-state index < -0.39 is 40.7 Å². The second-order valence-electron chi connectivity index (χ2n) is 11.8. The van der Waals surface area contributed by atoms with Crippen LogP contribution in [0.25, 0.3) is 0 Å². The van der Waals surface area contributed by atoms with Gasteiger partial charge in [-0.3, -0.25) is 19.3 Å². The molecule has 1 saturated carbocycles. The molecular weight excluding hydrogens is 535 g/mol. The van der Waals surface area contributed by atoms with Crippen LogP contribution < -0.4 is 0 Å². The molecule has 0 bridgehead atoms. The predicted molar refractivity (Wildman–Crippen MR) is 139 cm³/mol. The maximum absolute atomic E-state index is 14.5. The van der Waals surface area contributed by atoms with Crippen molar-refractivity contribution in [1.82, 2.24) is 19.7 Å². The Kier molecular flexibility index (Phi) is 7.95. The number of hydrogen-bond donors (Lipinski definition) is 0. The van der Waals surface area contributed by atoms with Crippen LogP contribution in [0.1, 0.15) is 93.0 Å². The van der Waals surface area contributed by atoms with E-state index in [1.807, 2.05) is 20.8 Å². The third-order valence-electron chi connectivity index (χ3n) is 8.30. The summed E-state index contributed by atoms with van der Waals surface area (Å²) in [6.07, 6.45) is 1.99. The molecule has 1 saturated heterocycles. The van der Waals surface area contributed by atoms with Crippen LogP contribution in [-0.2, 0) is 23.8 Å². The minimum atomic E-state index is -4.82. The van der Waals surface area contributed by atoms with Gasteiger partial charge in [-0.05, 0) is 61.5 Å². The van der Waals surface area contributed by atoms with Gasteiger partial charge in [0, 0.05) is 30.2 Å². The Bertz CT molecular complexity index is 1270. The Hall–Kier alpha value is -2.82. The van der Waals surface area contributed by atoms with E-state index in [9.17, 15) is 27.7 Å². The van der Waals surface area contributed by atoms with E-state index in [0.29, 0.717) is 30.8 Å². The van der Waals surface area contributed by atoms with E-state index in [1.54, 1.807) is 19.3 Å². The maximum Gasteiger partial charge on any atom is 0.433 e. The molecule has 212 valence electrons. The lowest BCUT2D eigenvalue weighted by Crippen LogP contribution is -2.39. The maximum atomic E-state index is 14.5. The van der Waals surface area contributed by atoms with Crippen LogP contribution in [-0.4, -0.2) is 44.1 Å². The van der Waals surface area contributed by atoms with E-state index in [2.05, 4.69) is 15.3 Å². The Morgan fingerprint density at radius 3 is 2.41 bits per heavy atom. The Morgan fingerprint density at radius 2 is 1.82 bits per heavy atom. The molecule has 0 N–H and O–H groups in total. The molecule has 2 aromatic heterocycles. The van der Waals surface area contributed by atoms with Crippen LogP contribution >= 0.6 is 11.6 Å². The van der Waals surface area contributed by atoms with Crippen molar-refractivity contribution >= 4 is 23.4 Å². The van der Waals surface area contributed by atoms with Crippen molar-refractivity contribution in [1.29, 1.82) is 0 Å². The highest BCUT2D eigenvalue weighted by atomic mass is 35.5. The topological polar surface area (TPSA) is 97.5 Å². The molecule has 2 amide bonds. The number of alkyl halides is 3. The van der Waals surface area contributed by atoms with Crippen LogP contribution in [0.15, 0.2) is 23.8 Å². The van der Waals surface area contributed by atoms with Gasteiger partial charge in [0.05, 0.1) is 28.2 Å². The largest absolute Gasteiger partial charge is 0.433 e. The van der Waals surface area contributed by atoms with Crippen molar-refractivity contribution in [2.24, 2.45) is 16.0 Å². The van der Waals surface area contributed by atoms with Crippen molar-refractivity contribution in [2.75, 3.05) is 6.54 Å². The molecule has 2 aliphatic rings. The number of hydrogen-bond acceptors (Lipinski definition) is 5. The summed E-state index contributed by atoms with van der Waals surface area (Å²) in [5.74, 6) is -1.51. The number of carbonyl (C=O) groups is 2. The molecule has 1 aliphatic carbocycles. The lowest BCUT2D eigenvalue weighted by Gasteiger charge is -2.34. The molecule has 4 rings (SSSR count). The van der Waals surface area contributed by atoms with Crippen LogP contribution in [0.4, 0.5) is 13.2 Å². The summed E-state index contributed by atoms with van der Waals surface area (Å²) in [7, 11) is 0. The molecule has 0 aromatic carbocycles. The van der Waals surface area contributed by atoms with Gasteiger partial charge in [-0.2, -0.15) is 18.3 Å². The van der Waals surface area contributed by atoms with Gasteiger partial charge in [-0.25, -0.2) is 0 Å². The first kappa shape index (κ1) is 29.2. The van der Waals surface area contributed by atoms with Gasteiger partial charge in [0.2, 0.25) is 0 Å². The molecule has 3 heterocycles. The zero-order valence-corrected chi connectivity index (χ0v) is 23.3. The first-order valence-corrected chi connectivity index (χ1v) is 13.5. The normalized spacial score (nSPS) is 25.1. The summed E-state index contributed by atoms with van der Waals surface area (Å²) in [4.78, 5) is 42.2. The number of halogens is 4. The standard InChI is InChI=1S/C27H33ClF3N5O3/c1-5-16-12-32-14-21(28)19(16)10-18-11-25(2,3)15-35(18)23(37)20-13-33-36(22(20)27(29,30)31)17-6-8-26(4,9-7-17)24(38)34-39/h12-14,17-18H,5-11,15H2,1-4H3/t17?,18-,26?/m0/s1. The van der Waals surface area contributed by atoms with Crippen molar-refractivity contribution in [3.8, 4) is 0 Å². The van der Waals surface area contributed by atoms with Gasteiger partial charge in [0.15, 0.2) is 5.69 Å². The van der Waals surface area contributed by atoms with Crippen molar-refractivity contribution < 1.29 is 22.8 Å². The Balaban J connectivity index is 1.65. The average molecular weight is 568 g/mol. The number of aryl methyl sites for hydroxylation is 1. The van der Waals surface area contributed by atoms with E-state index in [0.717, 1.165) is 22.0 Å². The third-order valence-corrected chi connectivity index (χ3v) is 8.63. The summed E-state index contributed by atoms with van der Waals surface area (Å²) in [6.45, 7) is 7.85. The monoisotopic (exact) mass is 567 g/mol. The molecule has 8 nitrogen and oxygen atoms in total. The van der Waals surface area contributed by atoms with E-state index in [4.69, 9.17) is 11.6 Å². The Labute approximate surface area is 230 Å². The van der Waals surface area contributed by atoms with Gasteiger partial charge in [0.1, 0.15) is 0 Å². The predicted octanol–water partition coefficient (Wildman–Crippen LogP) is 6.41. The number of nitroso groups, excluding NO2 is 1. The molecular formula is C27H33ClF3N5O3. The fourth-order valence-corrected chi connectivity index (χ4v) is 6.39. The second-order valence-corrected chi connectivity index (χ2v) is 12.2. The average Bonchev–Trinajstić information content (AvgIpc) is 3.45. The number of carbonyl (C=O) groups excluding carboxylic acids is 2. The number of rotatable bonds is 6. The van der Waals surface area contributed by atoms with Crippen molar-refractivity contribution in [2.45, 2.75) is 90.9 Å². The first-order valence-electron chi connectivity index (χ1n) is 13.2. The molecule has 12 heteroatoms. The fraction of sp³-hybridized carbons (Fsp3) is 0.630. The van der Waals surface area contributed by atoms with Crippen LogP contribution in [0.3, 0.4) is 0 Å². The molecule has 0 spiro atoms. The summed E-state index contributed by atoms with van der Waals surface area (Å²) in [5.41, 5.74) is -1.07. The lowest BCUT2D eigenvalue weighted by atomic mass is 9.73. The number of nitrogens with zero attached hydrogens (tertiary/aromatic N) is 5. The van der Waals surface area contributed by atoms with Gasteiger partial charge in [0.25, 0.3) is 11.8 Å². The molecule has 2 aromatic rings. The molecule has 2 fully saturated rings. The van der Waals surface area contributed by atoms with Crippen molar-refractivity contribution in [3.63, 3.8) is 0 Å². The van der Waals surface area contributed by atoms with Gasteiger partial charge in [-0.15, -0.1) is 4.91 Å². The highest BCUT2D eigenvalue weighted by molar-refractivity contribution is 6.31. The first-order chi connectivity index (χ1) is 18.2. The number of aromatic nitrogens is 3. The van der Waals surface area contributed by atoms with E-state index in [1.165, 1.54) is 4.90 Å².